The van der Waals surface area contributed by atoms with Crippen molar-refractivity contribution in [3.05, 3.63) is 83.3 Å². The quantitative estimate of drug-likeness (QED) is 0.688. The fourth-order valence-electron chi connectivity index (χ4n) is 2.79. The third-order valence-corrected chi connectivity index (χ3v) is 4.30. The van der Waals surface area contributed by atoms with Crippen LogP contribution in [0.3, 0.4) is 0 Å². The Labute approximate surface area is 161 Å². The van der Waals surface area contributed by atoms with E-state index in [1.807, 2.05) is 18.2 Å². The molecule has 3 aromatic rings. The monoisotopic (exact) mass is 378 g/mol. The number of rotatable bonds is 6. The summed E-state index contributed by atoms with van der Waals surface area (Å²) < 4.78 is 15.8. The summed E-state index contributed by atoms with van der Waals surface area (Å²) in [7, 11) is 0. The van der Waals surface area contributed by atoms with E-state index >= 15 is 0 Å². The largest absolute Gasteiger partial charge is 0.467 e. The molecule has 1 aliphatic heterocycles. The van der Waals surface area contributed by atoms with Crippen LogP contribution >= 0.6 is 0 Å². The van der Waals surface area contributed by atoms with Crippen LogP contribution in [0.2, 0.25) is 0 Å². The Morgan fingerprint density at radius 2 is 1.50 bits per heavy atom. The highest BCUT2D eigenvalue weighted by Crippen LogP contribution is 2.32. The van der Waals surface area contributed by atoms with Gasteiger partial charge < -0.3 is 24.5 Å². The van der Waals surface area contributed by atoms with Crippen molar-refractivity contribution in [1.82, 2.24) is 10.6 Å². The van der Waals surface area contributed by atoms with Crippen LogP contribution in [0.4, 0.5) is 0 Å². The Kier molecular flexibility index (Phi) is 4.97. The molecule has 2 heterocycles. The number of hydrogen-bond donors (Lipinski definition) is 2. The lowest BCUT2D eigenvalue weighted by Gasteiger charge is -2.07. The van der Waals surface area contributed by atoms with Crippen molar-refractivity contribution in [1.29, 1.82) is 0 Å². The summed E-state index contributed by atoms with van der Waals surface area (Å²) in [6, 6.07) is 15.6. The highest BCUT2D eigenvalue weighted by molar-refractivity contribution is 5.97. The lowest BCUT2D eigenvalue weighted by atomic mass is 10.1. The Hall–Kier alpha value is -3.74. The van der Waals surface area contributed by atoms with Gasteiger partial charge in [0.25, 0.3) is 11.8 Å². The Balaban J connectivity index is 1.31. The molecule has 0 spiro atoms. The number of ether oxygens (including phenoxy) is 2. The van der Waals surface area contributed by atoms with Crippen LogP contribution in [0.1, 0.15) is 32.0 Å². The maximum absolute atomic E-state index is 12.3. The Morgan fingerprint density at radius 3 is 2.18 bits per heavy atom. The zero-order chi connectivity index (χ0) is 19.3. The van der Waals surface area contributed by atoms with Crippen LogP contribution in [-0.2, 0) is 13.1 Å². The minimum atomic E-state index is -0.233. The van der Waals surface area contributed by atoms with Crippen molar-refractivity contribution < 1.29 is 23.5 Å². The van der Waals surface area contributed by atoms with Crippen LogP contribution in [-0.4, -0.2) is 18.6 Å². The third kappa shape index (κ3) is 3.98. The number of hydrogen-bond acceptors (Lipinski definition) is 5. The van der Waals surface area contributed by atoms with Gasteiger partial charge in [0.1, 0.15) is 5.76 Å². The van der Waals surface area contributed by atoms with Gasteiger partial charge in [0.05, 0.1) is 12.8 Å². The lowest BCUT2D eigenvalue weighted by Crippen LogP contribution is -2.24. The van der Waals surface area contributed by atoms with E-state index in [9.17, 15) is 9.59 Å². The summed E-state index contributed by atoms with van der Waals surface area (Å²) >= 11 is 0. The lowest BCUT2D eigenvalue weighted by molar-refractivity contribution is 0.0937. The SMILES string of the molecule is O=C(NCc1ccc2c(c1)OCO2)c1ccc(C(=O)NCc2ccco2)cc1. The van der Waals surface area contributed by atoms with Gasteiger partial charge in [-0.2, -0.15) is 0 Å². The van der Waals surface area contributed by atoms with Gasteiger partial charge in [-0.1, -0.05) is 6.07 Å². The number of carbonyl (C=O) groups excluding carboxylic acids is 2. The summed E-state index contributed by atoms with van der Waals surface area (Å²) in [6.45, 7) is 0.886. The standard InChI is InChI=1S/C21H18N2O5/c24-20(22-11-14-3-8-18-19(10-14)28-13-27-18)15-4-6-16(7-5-15)21(25)23-12-17-2-1-9-26-17/h1-10H,11-13H2,(H,22,24)(H,23,25). The fraction of sp³-hybridized carbons (Fsp3) is 0.143. The smallest absolute Gasteiger partial charge is 0.251 e. The number of amides is 2. The topological polar surface area (TPSA) is 89.8 Å². The van der Waals surface area contributed by atoms with Crippen LogP contribution in [0.25, 0.3) is 0 Å². The molecule has 4 rings (SSSR count). The van der Waals surface area contributed by atoms with E-state index in [4.69, 9.17) is 13.9 Å². The molecule has 0 fully saturated rings. The minimum Gasteiger partial charge on any atom is -0.467 e. The molecular formula is C21H18N2O5. The van der Waals surface area contributed by atoms with Gasteiger partial charge in [0, 0.05) is 17.7 Å². The molecule has 0 saturated carbocycles. The summed E-state index contributed by atoms with van der Waals surface area (Å²) in [4.78, 5) is 24.5. The van der Waals surface area contributed by atoms with Gasteiger partial charge in [-0.05, 0) is 54.1 Å². The number of furan rings is 1. The zero-order valence-electron chi connectivity index (χ0n) is 14.9. The summed E-state index contributed by atoms with van der Waals surface area (Å²) in [5, 5.41) is 5.61. The highest BCUT2D eigenvalue weighted by atomic mass is 16.7. The molecule has 0 radical (unpaired) electrons. The van der Waals surface area contributed by atoms with Crippen molar-refractivity contribution >= 4 is 11.8 Å². The predicted octanol–water partition coefficient (Wildman–Crippen LogP) is 2.87. The summed E-state index contributed by atoms with van der Waals surface area (Å²) in [6.07, 6.45) is 1.55. The first-order chi connectivity index (χ1) is 13.7. The fourth-order valence-corrected chi connectivity index (χ4v) is 2.79. The summed E-state index contributed by atoms with van der Waals surface area (Å²) in [5.41, 5.74) is 1.86. The van der Waals surface area contributed by atoms with Crippen LogP contribution in [0.5, 0.6) is 11.5 Å². The van der Waals surface area contributed by atoms with Gasteiger partial charge >= 0.3 is 0 Å². The van der Waals surface area contributed by atoms with Crippen molar-refractivity contribution in [2.45, 2.75) is 13.1 Å². The molecule has 0 bridgehead atoms. The van der Waals surface area contributed by atoms with Crippen molar-refractivity contribution in [2.24, 2.45) is 0 Å². The van der Waals surface area contributed by atoms with Gasteiger partial charge in [-0.25, -0.2) is 0 Å². The zero-order valence-corrected chi connectivity index (χ0v) is 14.9. The van der Waals surface area contributed by atoms with Gasteiger partial charge in [-0.3, -0.25) is 9.59 Å². The highest BCUT2D eigenvalue weighted by Gasteiger charge is 2.14. The van der Waals surface area contributed by atoms with E-state index in [0.717, 1.165) is 5.56 Å². The average Bonchev–Trinajstić information content (AvgIpc) is 3.41. The van der Waals surface area contributed by atoms with Gasteiger partial charge in [-0.15, -0.1) is 0 Å². The number of nitrogens with one attached hydrogen (secondary N) is 2. The van der Waals surface area contributed by atoms with Crippen LogP contribution in [0, 0.1) is 0 Å². The second kappa shape index (κ2) is 7.87. The molecule has 1 aliphatic rings. The molecule has 142 valence electrons. The number of carbonyl (C=O) groups is 2. The van der Waals surface area contributed by atoms with E-state index in [1.54, 1.807) is 42.7 Å². The van der Waals surface area contributed by atoms with E-state index in [-0.39, 0.29) is 18.6 Å². The number of benzene rings is 2. The average molecular weight is 378 g/mol. The van der Waals surface area contributed by atoms with Crippen molar-refractivity contribution in [3.63, 3.8) is 0 Å². The molecule has 0 atom stereocenters. The van der Waals surface area contributed by atoms with Crippen molar-refractivity contribution in [2.75, 3.05) is 6.79 Å². The van der Waals surface area contributed by atoms with Crippen LogP contribution in [0.15, 0.2) is 65.3 Å². The van der Waals surface area contributed by atoms with Crippen molar-refractivity contribution in [3.8, 4) is 11.5 Å². The minimum absolute atomic E-state index is 0.215. The molecule has 7 heteroatoms. The molecule has 0 unspecified atom stereocenters. The molecule has 2 amide bonds. The first kappa shape index (κ1) is 17.7. The first-order valence-corrected chi connectivity index (χ1v) is 8.76. The number of fused-ring (bicyclic) bond motifs is 1. The van der Waals surface area contributed by atoms with E-state index in [1.165, 1.54) is 0 Å². The van der Waals surface area contributed by atoms with Gasteiger partial charge in [0.2, 0.25) is 6.79 Å². The molecule has 28 heavy (non-hydrogen) atoms. The predicted molar refractivity (Wildman–Crippen MR) is 100 cm³/mol. The molecule has 0 aliphatic carbocycles. The van der Waals surface area contributed by atoms with E-state index < -0.39 is 0 Å². The first-order valence-electron chi connectivity index (χ1n) is 8.76. The maximum Gasteiger partial charge on any atom is 0.251 e. The third-order valence-electron chi connectivity index (χ3n) is 4.30. The maximum atomic E-state index is 12.3. The second-order valence-electron chi connectivity index (χ2n) is 6.21. The van der Waals surface area contributed by atoms with E-state index in [2.05, 4.69) is 10.6 Å². The Bertz CT molecular complexity index is 981. The van der Waals surface area contributed by atoms with Crippen LogP contribution < -0.4 is 20.1 Å². The Morgan fingerprint density at radius 1 is 0.821 bits per heavy atom. The second-order valence-corrected chi connectivity index (χ2v) is 6.21. The molecule has 7 nitrogen and oxygen atoms in total. The van der Waals surface area contributed by atoms with Gasteiger partial charge in [0.15, 0.2) is 11.5 Å². The molecule has 2 aromatic carbocycles. The normalized spacial score (nSPS) is 11.9. The molecular weight excluding hydrogens is 360 g/mol. The van der Waals surface area contributed by atoms with E-state index in [0.29, 0.717) is 41.5 Å². The summed E-state index contributed by atoms with van der Waals surface area (Å²) in [5.74, 6) is 1.60. The molecule has 0 saturated heterocycles. The molecule has 1 aromatic heterocycles. The molecule has 2 N–H and O–H groups in total.